The van der Waals surface area contributed by atoms with Crippen LogP contribution in [0.5, 0.6) is 0 Å². The number of benzene rings is 1. The highest BCUT2D eigenvalue weighted by Gasteiger charge is 2.48. The summed E-state index contributed by atoms with van der Waals surface area (Å²) in [5, 5.41) is 2.48. The number of rotatable bonds is 2. The van der Waals surface area contributed by atoms with Crippen molar-refractivity contribution >= 4 is 5.91 Å². The van der Waals surface area contributed by atoms with E-state index >= 15 is 0 Å². The molecule has 0 aromatic heterocycles. The van der Waals surface area contributed by atoms with Gasteiger partial charge in [-0.2, -0.15) is 13.2 Å². The van der Waals surface area contributed by atoms with E-state index in [0.717, 1.165) is 6.07 Å². The number of nitrogens with one attached hydrogen (secondary N) is 1. The third-order valence-corrected chi connectivity index (χ3v) is 5.96. The van der Waals surface area contributed by atoms with Crippen molar-refractivity contribution in [3.05, 3.63) is 59.2 Å². The predicted octanol–water partition coefficient (Wildman–Crippen LogP) is 2.71. The Bertz CT molecular complexity index is 946. The fraction of sp³-hybridized carbons (Fsp3) is 0.450. The molecule has 1 aliphatic carbocycles. The van der Waals surface area contributed by atoms with Gasteiger partial charge in [-0.25, -0.2) is 13.2 Å². The Hall–Kier alpha value is -2.53. The minimum absolute atomic E-state index is 0.0235. The largest absolute Gasteiger partial charge is 0.405 e. The maximum Gasteiger partial charge on any atom is 0.405 e. The molecule has 4 unspecified atom stereocenters. The summed E-state index contributed by atoms with van der Waals surface area (Å²) < 4.78 is 79.7. The van der Waals surface area contributed by atoms with Gasteiger partial charge in [0.1, 0.15) is 11.9 Å². The van der Waals surface area contributed by atoms with Crippen LogP contribution in [0.2, 0.25) is 0 Å². The minimum atomic E-state index is -4.39. The number of carbonyl (C=O) groups excluding carboxylic acids is 1. The van der Waals surface area contributed by atoms with Gasteiger partial charge >= 0.3 is 6.18 Å². The summed E-state index contributed by atoms with van der Waals surface area (Å²) in [6.45, 7) is -0.211. The van der Waals surface area contributed by atoms with Crippen molar-refractivity contribution in [1.29, 1.82) is 0 Å². The van der Waals surface area contributed by atoms with E-state index in [2.05, 4.69) is 5.32 Å². The van der Waals surface area contributed by atoms with Gasteiger partial charge < -0.3 is 15.5 Å². The summed E-state index contributed by atoms with van der Waals surface area (Å²) in [7, 11) is 0. The van der Waals surface area contributed by atoms with Gasteiger partial charge in [0.15, 0.2) is 11.6 Å². The smallest absolute Gasteiger partial charge is 0.357 e. The molecule has 4 atom stereocenters. The van der Waals surface area contributed by atoms with Crippen LogP contribution in [0.3, 0.4) is 0 Å². The second kappa shape index (κ2) is 7.86. The Morgan fingerprint density at radius 2 is 1.77 bits per heavy atom. The number of hydrogen-bond acceptors (Lipinski definition) is 4. The van der Waals surface area contributed by atoms with Crippen LogP contribution in [-0.2, 0) is 4.79 Å². The first-order chi connectivity index (χ1) is 14.5. The summed E-state index contributed by atoms with van der Waals surface area (Å²) in [5.74, 6) is -4.43. The number of nitrogens with two attached hydrogens (primary N) is 1. The molecule has 0 bridgehead atoms. The fourth-order valence-electron chi connectivity index (χ4n) is 4.27. The average molecular weight is 446 g/mol. The lowest BCUT2D eigenvalue weighted by atomic mass is 9.80. The molecule has 11 heteroatoms. The zero-order chi connectivity index (χ0) is 22.5. The molecule has 1 aromatic carbocycles. The Labute approximate surface area is 174 Å². The molecule has 1 amide bonds. The molecule has 4 rings (SSSR count). The number of nitrogens with zero attached hydrogens (tertiary/aromatic N) is 2. The quantitative estimate of drug-likeness (QED) is 0.542. The van der Waals surface area contributed by atoms with Crippen molar-refractivity contribution in [2.45, 2.75) is 43.2 Å². The van der Waals surface area contributed by atoms with E-state index in [1.807, 2.05) is 0 Å². The van der Waals surface area contributed by atoms with Crippen LogP contribution in [0.25, 0.3) is 0 Å². The molecule has 0 saturated carbocycles. The summed E-state index contributed by atoms with van der Waals surface area (Å²) in [6.07, 6.45) is -0.408. The lowest BCUT2D eigenvalue weighted by molar-refractivity contribution is -0.150. The van der Waals surface area contributed by atoms with Gasteiger partial charge in [-0.05, 0) is 24.5 Å². The van der Waals surface area contributed by atoms with Gasteiger partial charge in [-0.1, -0.05) is 6.08 Å². The van der Waals surface area contributed by atoms with Gasteiger partial charge in [0.05, 0.1) is 12.7 Å². The zero-order valence-corrected chi connectivity index (χ0v) is 16.2. The molecule has 168 valence electrons. The number of fused-ring (bicyclic) bond motifs is 1. The molecule has 5 nitrogen and oxygen atoms in total. The fourth-order valence-corrected chi connectivity index (χ4v) is 4.27. The molecule has 3 aliphatic rings. The summed E-state index contributed by atoms with van der Waals surface area (Å²) in [4.78, 5) is 15.7. The Morgan fingerprint density at radius 1 is 1.06 bits per heavy atom. The van der Waals surface area contributed by atoms with Crippen LogP contribution in [0.1, 0.15) is 24.3 Å². The van der Waals surface area contributed by atoms with Crippen LogP contribution in [0.15, 0.2) is 36.2 Å². The van der Waals surface area contributed by atoms with Crippen molar-refractivity contribution in [1.82, 2.24) is 15.1 Å². The van der Waals surface area contributed by atoms with E-state index in [9.17, 15) is 31.1 Å². The molecule has 2 heterocycles. The van der Waals surface area contributed by atoms with Gasteiger partial charge in [0, 0.05) is 42.5 Å². The van der Waals surface area contributed by atoms with Crippen LogP contribution in [0, 0.1) is 17.5 Å². The van der Waals surface area contributed by atoms with Gasteiger partial charge in [0.25, 0.3) is 5.91 Å². The van der Waals surface area contributed by atoms with E-state index in [4.69, 9.17) is 5.73 Å². The number of hydrogen-bond donors (Lipinski definition) is 2. The lowest BCUT2D eigenvalue weighted by Gasteiger charge is -2.35. The highest BCUT2D eigenvalue weighted by atomic mass is 19.4. The first-order valence-corrected chi connectivity index (χ1v) is 9.71. The first-order valence-electron chi connectivity index (χ1n) is 9.71. The van der Waals surface area contributed by atoms with Gasteiger partial charge in [-0.3, -0.25) is 10.1 Å². The standard InChI is InChI=1S/C20H20F6N4O/c21-13-7-15(23)14(22)6-12(13)11-2-1-10(5-16(11)27)19(31)30-4-3-29-8-17(20(24,25)26)28-18(29)9-30/h1,3-4,6-7,11,16-18,28H,2,5,8-9,27H2. The molecule has 3 N–H and O–H groups in total. The number of alkyl halides is 3. The lowest BCUT2D eigenvalue weighted by Crippen LogP contribution is -2.49. The highest BCUT2D eigenvalue weighted by molar-refractivity contribution is 5.94. The normalized spacial score (nSPS) is 28.5. The van der Waals surface area contributed by atoms with Crippen molar-refractivity contribution in [3.8, 4) is 0 Å². The number of allylic oxidation sites excluding steroid dienone is 1. The molecular formula is C20H20F6N4O. The topological polar surface area (TPSA) is 61.6 Å². The molecule has 1 aromatic rings. The third-order valence-electron chi connectivity index (χ3n) is 5.96. The van der Waals surface area contributed by atoms with E-state index in [1.165, 1.54) is 22.2 Å². The number of amides is 1. The second-order valence-electron chi connectivity index (χ2n) is 7.96. The van der Waals surface area contributed by atoms with Crippen LogP contribution in [0.4, 0.5) is 26.3 Å². The van der Waals surface area contributed by atoms with Crippen molar-refractivity contribution in [2.24, 2.45) is 5.73 Å². The van der Waals surface area contributed by atoms with Crippen LogP contribution in [-0.4, -0.2) is 53.2 Å². The summed E-state index contributed by atoms with van der Waals surface area (Å²) >= 11 is 0. The highest BCUT2D eigenvalue weighted by Crippen LogP contribution is 2.35. The van der Waals surface area contributed by atoms with E-state index in [0.29, 0.717) is 11.6 Å². The summed E-state index contributed by atoms with van der Waals surface area (Å²) in [5.41, 5.74) is 6.40. The molecule has 0 spiro atoms. The van der Waals surface area contributed by atoms with E-state index in [1.54, 1.807) is 6.08 Å². The number of carbonyl (C=O) groups is 1. The Kier molecular flexibility index (Phi) is 5.50. The Balaban J connectivity index is 1.45. The van der Waals surface area contributed by atoms with Crippen LogP contribution < -0.4 is 11.1 Å². The molecule has 1 saturated heterocycles. The third kappa shape index (κ3) is 4.16. The average Bonchev–Trinajstić information content (AvgIpc) is 3.14. The molecular weight excluding hydrogens is 426 g/mol. The van der Waals surface area contributed by atoms with E-state index < -0.39 is 53.7 Å². The maximum absolute atomic E-state index is 14.1. The predicted molar refractivity (Wildman–Crippen MR) is 98.7 cm³/mol. The van der Waals surface area contributed by atoms with Crippen molar-refractivity contribution < 1.29 is 31.1 Å². The minimum Gasteiger partial charge on any atom is -0.357 e. The van der Waals surface area contributed by atoms with Crippen LogP contribution >= 0.6 is 0 Å². The van der Waals surface area contributed by atoms with Crippen molar-refractivity contribution in [2.75, 3.05) is 13.1 Å². The van der Waals surface area contributed by atoms with Gasteiger partial charge in [0.2, 0.25) is 0 Å². The summed E-state index contributed by atoms with van der Waals surface area (Å²) in [6, 6.07) is -1.14. The van der Waals surface area contributed by atoms with Gasteiger partial charge in [-0.15, -0.1) is 0 Å². The molecule has 31 heavy (non-hydrogen) atoms. The monoisotopic (exact) mass is 446 g/mol. The molecule has 0 radical (unpaired) electrons. The van der Waals surface area contributed by atoms with Crippen molar-refractivity contribution in [3.63, 3.8) is 0 Å². The van der Waals surface area contributed by atoms with E-state index in [-0.39, 0.29) is 31.5 Å². The SMILES string of the molecule is NC1CC(C(=O)N2C=CN3CC(C(F)(F)F)NC3C2)=CCC1c1cc(F)c(F)cc1F. The molecule has 1 fully saturated rings. The second-order valence-corrected chi connectivity index (χ2v) is 7.96. The Morgan fingerprint density at radius 3 is 2.45 bits per heavy atom. The number of halogens is 6. The molecule has 2 aliphatic heterocycles. The zero-order valence-electron chi connectivity index (χ0n) is 16.2. The maximum atomic E-state index is 14.1. The first kappa shape index (κ1) is 21.7.